The van der Waals surface area contributed by atoms with Gasteiger partial charge in [0.1, 0.15) is 17.0 Å². The lowest BCUT2D eigenvalue weighted by atomic mass is 9.90. The fourth-order valence-corrected chi connectivity index (χ4v) is 2.83. The lowest BCUT2D eigenvalue weighted by molar-refractivity contribution is 0.0812. The van der Waals surface area contributed by atoms with Gasteiger partial charge in [-0.1, -0.05) is 6.07 Å². The lowest BCUT2D eigenvalue weighted by Gasteiger charge is -2.18. The number of hydrogen-bond acceptors (Lipinski definition) is 4. The summed E-state index contributed by atoms with van der Waals surface area (Å²) in [7, 11) is 3.87. The summed E-state index contributed by atoms with van der Waals surface area (Å²) >= 11 is 0. The first-order valence-electron chi connectivity index (χ1n) is 6.96. The molecule has 1 aromatic carbocycles. The van der Waals surface area contributed by atoms with Crippen molar-refractivity contribution in [2.45, 2.75) is 0 Å². The zero-order chi connectivity index (χ0) is 15.4. The molecule has 2 aromatic heterocycles. The molecule has 1 aliphatic rings. The van der Waals surface area contributed by atoms with Gasteiger partial charge in [0.25, 0.3) is 5.78 Å². The summed E-state index contributed by atoms with van der Waals surface area (Å²) < 4.78 is 1.68. The Morgan fingerprint density at radius 2 is 1.82 bits per heavy atom. The summed E-state index contributed by atoms with van der Waals surface area (Å²) in [6.45, 7) is 0. The summed E-state index contributed by atoms with van der Waals surface area (Å²) in [4.78, 5) is 31.4. The highest BCUT2D eigenvalue weighted by Gasteiger charge is 2.34. The SMILES string of the molecule is CN(C)c1ccc2c(c1)-c1nc3ccccn3c1C(=O)C2=O. The molecule has 0 aliphatic heterocycles. The van der Waals surface area contributed by atoms with Crippen molar-refractivity contribution in [3.05, 3.63) is 53.9 Å². The molecule has 3 aromatic rings. The molecule has 4 rings (SSSR count). The van der Waals surface area contributed by atoms with Gasteiger partial charge in [-0.2, -0.15) is 0 Å². The van der Waals surface area contributed by atoms with Gasteiger partial charge < -0.3 is 4.90 Å². The number of hydrogen-bond donors (Lipinski definition) is 0. The smallest absolute Gasteiger partial charge is 0.252 e. The van der Waals surface area contributed by atoms with Crippen LogP contribution in [0.5, 0.6) is 0 Å². The van der Waals surface area contributed by atoms with Crippen molar-refractivity contribution in [3.8, 4) is 11.3 Å². The maximum atomic E-state index is 12.5. The molecule has 0 bridgehead atoms. The fraction of sp³-hybridized carbons (Fsp3) is 0.118. The van der Waals surface area contributed by atoms with E-state index >= 15 is 0 Å². The average molecular weight is 291 g/mol. The van der Waals surface area contributed by atoms with Crippen LogP contribution < -0.4 is 4.90 Å². The summed E-state index contributed by atoms with van der Waals surface area (Å²) in [5, 5.41) is 0. The molecular formula is C17H13N3O2. The van der Waals surface area contributed by atoms with Gasteiger partial charge in [-0.25, -0.2) is 4.98 Å². The maximum Gasteiger partial charge on any atom is 0.252 e. The van der Waals surface area contributed by atoms with E-state index in [1.165, 1.54) is 0 Å². The van der Waals surface area contributed by atoms with Crippen LogP contribution in [0.3, 0.4) is 0 Å². The molecule has 2 heterocycles. The van der Waals surface area contributed by atoms with Gasteiger partial charge in [0.05, 0.1) is 0 Å². The number of fused-ring (bicyclic) bond motifs is 5. The summed E-state index contributed by atoms with van der Waals surface area (Å²) in [5.41, 5.74) is 3.69. The van der Waals surface area contributed by atoms with Crippen LogP contribution in [0.15, 0.2) is 42.6 Å². The molecule has 0 spiro atoms. The molecule has 5 nitrogen and oxygen atoms in total. The maximum absolute atomic E-state index is 12.5. The normalized spacial score (nSPS) is 13.2. The molecule has 1 aliphatic carbocycles. The third-order valence-electron chi connectivity index (χ3n) is 3.97. The van der Waals surface area contributed by atoms with E-state index in [4.69, 9.17) is 0 Å². The predicted molar refractivity (Wildman–Crippen MR) is 83.6 cm³/mol. The Kier molecular flexibility index (Phi) is 2.48. The summed E-state index contributed by atoms with van der Waals surface area (Å²) in [6, 6.07) is 11.0. The number of carbonyl (C=O) groups excluding carboxylic acids is 2. The molecule has 0 saturated carbocycles. The molecule has 0 fully saturated rings. The fourth-order valence-electron chi connectivity index (χ4n) is 2.83. The highest BCUT2D eigenvalue weighted by Crippen LogP contribution is 2.35. The number of carbonyl (C=O) groups is 2. The molecule has 108 valence electrons. The molecule has 0 N–H and O–H groups in total. The van der Waals surface area contributed by atoms with Crippen LogP contribution in [0, 0.1) is 0 Å². The van der Waals surface area contributed by atoms with Crippen LogP contribution in [-0.4, -0.2) is 35.0 Å². The van der Waals surface area contributed by atoms with E-state index in [-0.39, 0.29) is 0 Å². The molecule has 0 unspecified atom stereocenters. The van der Waals surface area contributed by atoms with E-state index in [9.17, 15) is 9.59 Å². The average Bonchev–Trinajstić information content (AvgIpc) is 2.91. The molecule has 22 heavy (non-hydrogen) atoms. The number of pyridine rings is 1. The Balaban J connectivity index is 2.10. The Hall–Kier alpha value is -2.95. The molecule has 0 atom stereocenters. The van der Waals surface area contributed by atoms with Gasteiger partial charge in [0.2, 0.25) is 5.78 Å². The van der Waals surface area contributed by atoms with E-state index in [0.717, 1.165) is 11.3 Å². The van der Waals surface area contributed by atoms with Crippen molar-refractivity contribution in [1.29, 1.82) is 0 Å². The van der Waals surface area contributed by atoms with Crippen LogP contribution >= 0.6 is 0 Å². The minimum absolute atomic E-state index is 0.351. The third-order valence-corrected chi connectivity index (χ3v) is 3.97. The van der Waals surface area contributed by atoms with E-state index in [2.05, 4.69) is 4.98 Å². The van der Waals surface area contributed by atoms with Crippen LogP contribution in [0.2, 0.25) is 0 Å². The first kappa shape index (κ1) is 12.8. The van der Waals surface area contributed by atoms with E-state index in [0.29, 0.717) is 22.6 Å². The van der Waals surface area contributed by atoms with Crippen LogP contribution in [0.4, 0.5) is 5.69 Å². The standard InChI is InChI=1S/C17H13N3O2/c1-19(2)10-6-7-11-12(9-10)14-15(17(22)16(11)21)20-8-4-3-5-13(20)18-14/h3-9H,1-2H3. The second-order valence-electron chi connectivity index (χ2n) is 5.52. The first-order valence-corrected chi connectivity index (χ1v) is 6.96. The van der Waals surface area contributed by atoms with Crippen molar-refractivity contribution in [3.63, 3.8) is 0 Å². The van der Waals surface area contributed by atoms with E-state index < -0.39 is 11.6 Å². The van der Waals surface area contributed by atoms with Crippen molar-refractivity contribution in [2.75, 3.05) is 19.0 Å². The van der Waals surface area contributed by atoms with Gasteiger partial charge in [0, 0.05) is 37.1 Å². The molecule has 5 heteroatoms. The summed E-state index contributed by atoms with van der Waals surface area (Å²) in [6.07, 6.45) is 1.76. The Morgan fingerprint density at radius 3 is 2.59 bits per heavy atom. The van der Waals surface area contributed by atoms with Crippen LogP contribution in [0.25, 0.3) is 16.9 Å². The number of rotatable bonds is 1. The van der Waals surface area contributed by atoms with Crippen molar-refractivity contribution >= 4 is 22.9 Å². The van der Waals surface area contributed by atoms with E-state index in [1.807, 2.05) is 49.3 Å². The molecule has 0 radical (unpaired) electrons. The quantitative estimate of drug-likeness (QED) is 0.646. The van der Waals surface area contributed by atoms with E-state index in [1.54, 1.807) is 16.7 Å². The van der Waals surface area contributed by atoms with Crippen molar-refractivity contribution < 1.29 is 9.59 Å². The topological polar surface area (TPSA) is 54.7 Å². The molecule has 0 saturated heterocycles. The van der Waals surface area contributed by atoms with Gasteiger partial charge in [-0.15, -0.1) is 0 Å². The molecular weight excluding hydrogens is 278 g/mol. The second kappa shape index (κ2) is 4.27. The molecule has 0 amide bonds. The minimum Gasteiger partial charge on any atom is -0.378 e. The number of ketones is 2. The number of nitrogens with zero attached hydrogens (tertiary/aromatic N) is 3. The van der Waals surface area contributed by atoms with Crippen LogP contribution in [0.1, 0.15) is 20.8 Å². The highest BCUT2D eigenvalue weighted by atomic mass is 16.2. The zero-order valence-corrected chi connectivity index (χ0v) is 12.2. The number of benzene rings is 1. The van der Waals surface area contributed by atoms with Crippen molar-refractivity contribution in [1.82, 2.24) is 9.38 Å². The second-order valence-corrected chi connectivity index (χ2v) is 5.52. The van der Waals surface area contributed by atoms with Gasteiger partial charge in [0.15, 0.2) is 0 Å². The van der Waals surface area contributed by atoms with Gasteiger partial charge >= 0.3 is 0 Å². The zero-order valence-electron chi connectivity index (χ0n) is 12.2. The number of anilines is 1. The predicted octanol–water partition coefficient (Wildman–Crippen LogP) is 2.45. The lowest BCUT2D eigenvalue weighted by Crippen LogP contribution is -2.23. The Labute approximate surface area is 126 Å². The Morgan fingerprint density at radius 1 is 1.00 bits per heavy atom. The number of Topliss-reactive ketones (excluding diaryl/α,β-unsaturated/α-hetero) is 2. The third kappa shape index (κ3) is 1.56. The Bertz CT molecular complexity index is 954. The first-order chi connectivity index (χ1) is 10.6. The van der Waals surface area contributed by atoms with Crippen molar-refractivity contribution in [2.24, 2.45) is 0 Å². The highest BCUT2D eigenvalue weighted by molar-refractivity contribution is 6.52. The van der Waals surface area contributed by atoms with Gasteiger partial charge in [-0.3, -0.25) is 14.0 Å². The minimum atomic E-state index is -0.501. The van der Waals surface area contributed by atoms with Gasteiger partial charge in [-0.05, 0) is 30.3 Å². The number of imidazole rings is 1. The number of aromatic nitrogens is 2. The van der Waals surface area contributed by atoms with Crippen LogP contribution in [-0.2, 0) is 0 Å². The monoisotopic (exact) mass is 291 g/mol. The summed E-state index contributed by atoms with van der Waals surface area (Å²) in [5.74, 6) is -0.975. The largest absolute Gasteiger partial charge is 0.378 e.